The Morgan fingerprint density at radius 2 is 1.68 bits per heavy atom. The number of amides is 1. The van der Waals surface area contributed by atoms with E-state index >= 15 is 0 Å². The number of alkyl halides is 6. The highest BCUT2D eigenvalue weighted by Crippen LogP contribution is 2.21. The molecule has 0 radical (unpaired) electrons. The van der Waals surface area contributed by atoms with E-state index in [9.17, 15) is 31.1 Å². The molecule has 0 saturated heterocycles. The number of fused-ring (bicyclic) bond motifs is 1. The number of rotatable bonds is 6. The molecule has 2 aromatic rings. The van der Waals surface area contributed by atoms with Gasteiger partial charge >= 0.3 is 24.3 Å². The predicted octanol–water partition coefficient (Wildman–Crippen LogP) is 2.58. The minimum absolute atomic E-state index is 0.110. The van der Waals surface area contributed by atoms with E-state index in [1.165, 1.54) is 0 Å². The first kappa shape index (κ1) is 32.8. The lowest BCUT2D eigenvalue weighted by Gasteiger charge is -2.33. The fourth-order valence-corrected chi connectivity index (χ4v) is 3.41. The molecule has 18 heteroatoms. The number of ether oxygens (including phenoxy) is 1. The van der Waals surface area contributed by atoms with Gasteiger partial charge in [-0.05, 0) is 13.0 Å². The summed E-state index contributed by atoms with van der Waals surface area (Å²) in [4.78, 5) is 38.0. The minimum Gasteiger partial charge on any atom is -0.475 e. The van der Waals surface area contributed by atoms with Crippen molar-refractivity contribution in [2.45, 2.75) is 38.5 Å². The average Bonchev–Trinajstić information content (AvgIpc) is 3.42. The Morgan fingerprint density at radius 3 is 2.13 bits per heavy atom. The van der Waals surface area contributed by atoms with E-state index in [4.69, 9.17) is 24.5 Å². The topological polar surface area (TPSA) is 138 Å². The molecule has 3 rings (SSSR count). The third-order valence-corrected chi connectivity index (χ3v) is 5.34. The summed E-state index contributed by atoms with van der Waals surface area (Å²) in [5.41, 5.74) is 2.08. The van der Waals surface area contributed by atoms with Gasteiger partial charge in [0.05, 0.1) is 42.2 Å². The Morgan fingerprint density at radius 1 is 1.13 bits per heavy atom. The zero-order valence-corrected chi connectivity index (χ0v) is 21.1. The second-order valence-corrected chi connectivity index (χ2v) is 8.92. The van der Waals surface area contributed by atoms with Gasteiger partial charge in [0.15, 0.2) is 0 Å². The van der Waals surface area contributed by atoms with Crippen LogP contribution in [0.3, 0.4) is 0 Å². The van der Waals surface area contributed by atoms with Gasteiger partial charge in [0.25, 0.3) is 0 Å². The van der Waals surface area contributed by atoms with E-state index in [0.29, 0.717) is 19.8 Å². The van der Waals surface area contributed by atoms with E-state index in [1.807, 2.05) is 29.2 Å². The lowest BCUT2D eigenvalue weighted by atomic mass is 10.2. The molecule has 0 aromatic carbocycles. The van der Waals surface area contributed by atoms with Crippen molar-refractivity contribution in [2.24, 2.45) is 0 Å². The zero-order valence-electron chi connectivity index (χ0n) is 20.3. The van der Waals surface area contributed by atoms with E-state index in [1.54, 1.807) is 30.3 Å². The van der Waals surface area contributed by atoms with Gasteiger partial charge in [-0.3, -0.25) is 14.4 Å². The molecular formula is C20H25F6N5O6S. The number of carboxylic acids is 2. The number of aliphatic carboxylic acids is 2. The minimum atomic E-state index is -5.08. The number of aryl methyl sites for hydroxylation is 1. The van der Waals surface area contributed by atoms with E-state index in [0.717, 1.165) is 29.5 Å². The third kappa shape index (κ3) is 11.4. The third-order valence-electron chi connectivity index (χ3n) is 4.52. The van der Waals surface area contributed by atoms with Crippen molar-refractivity contribution >= 4 is 29.2 Å². The molecule has 0 saturated carbocycles. The summed E-state index contributed by atoms with van der Waals surface area (Å²) in [6, 6.07) is 2.11. The van der Waals surface area contributed by atoms with Crippen LogP contribution in [0, 0.1) is 6.92 Å². The standard InChI is InChI=1S/C16H23N5O2S.2C2HF3O2/c1-12-18-13(11-24-12)9-23-10-15-7-20(8-16(22)19(2)3)6-14-4-5-17-21(14)15;2*3-2(4,5)1(6)7/h4-5,11,15H,6-10H2,1-3H3;2*(H,6,7). The van der Waals surface area contributed by atoms with Crippen LogP contribution < -0.4 is 0 Å². The Labute approximate surface area is 216 Å². The maximum absolute atomic E-state index is 12.0. The van der Waals surface area contributed by atoms with Crippen molar-refractivity contribution in [2.75, 3.05) is 33.8 Å². The second-order valence-electron chi connectivity index (χ2n) is 7.86. The highest BCUT2D eigenvalue weighted by atomic mass is 32.1. The number of hydrogen-bond acceptors (Lipinski definition) is 8. The molecule has 1 amide bonds. The molecule has 1 aliphatic rings. The first-order valence-electron chi connectivity index (χ1n) is 10.5. The molecule has 0 fully saturated rings. The van der Waals surface area contributed by atoms with Crippen molar-refractivity contribution < 1.29 is 55.7 Å². The van der Waals surface area contributed by atoms with Crippen LogP contribution in [0.1, 0.15) is 22.4 Å². The maximum atomic E-state index is 12.0. The van der Waals surface area contributed by atoms with Crippen molar-refractivity contribution in [3.8, 4) is 0 Å². The Bertz CT molecular complexity index is 1050. The number of halogens is 6. The number of likely N-dealkylation sites (N-methyl/N-ethyl adjacent to an activating group) is 1. The molecule has 0 aliphatic carbocycles. The number of carbonyl (C=O) groups is 3. The molecule has 1 aliphatic heterocycles. The van der Waals surface area contributed by atoms with Crippen LogP contribution in [0.4, 0.5) is 26.3 Å². The fourth-order valence-electron chi connectivity index (χ4n) is 2.82. The van der Waals surface area contributed by atoms with Crippen LogP contribution >= 0.6 is 11.3 Å². The second kappa shape index (κ2) is 14.1. The normalized spacial score (nSPS) is 15.3. The molecule has 1 atom stereocenters. The van der Waals surface area contributed by atoms with Gasteiger partial charge in [-0.15, -0.1) is 11.3 Å². The molecule has 3 heterocycles. The number of nitrogens with zero attached hydrogens (tertiary/aromatic N) is 5. The molecule has 0 spiro atoms. The Balaban J connectivity index is 0.000000426. The summed E-state index contributed by atoms with van der Waals surface area (Å²) in [5.74, 6) is -5.40. The van der Waals surface area contributed by atoms with Gasteiger partial charge < -0.3 is 19.8 Å². The number of carbonyl (C=O) groups excluding carboxylic acids is 1. The molecular weight excluding hydrogens is 552 g/mol. The van der Waals surface area contributed by atoms with Crippen LogP contribution in [0.5, 0.6) is 0 Å². The van der Waals surface area contributed by atoms with Crippen LogP contribution in [-0.2, 0) is 32.3 Å². The largest absolute Gasteiger partial charge is 0.490 e. The average molecular weight is 578 g/mol. The number of hydrogen-bond donors (Lipinski definition) is 2. The molecule has 2 aromatic heterocycles. The van der Waals surface area contributed by atoms with Gasteiger partial charge in [0, 0.05) is 38.8 Å². The predicted molar refractivity (Wildman–Crippen MR) is 119 cm³/mol. The lowest BCUT2D eigenvalue weighted by molar-refractivity contribution is -0.193. The van der Waals surface area contributed by atoms with Crippen LogP contribution in [0.15, 0.2) is 17.6 Å². The quantitative estimate of drug-likeness (QED) is 0.496. The molecule has 11 nitrogen and oxygen atoms in total. The van der Waals surface area contributed by atoms with E-state index in [-0.39, 0.29) is 11.9 Å². The van der Waals surface area contributed by atoms with Crippen molar-refractivity contribution in [3.05, 3.63) is 34.0 Å². The molecule has 1 unspecified atom stereocenters. The summed E-state index contributed by atoms with van der Waals surface area (Å²) in [6.45, 7) is 4.96. The van der Waals surface area contributed by atoms with Crippen molar-refractivity contribution in [1.29, 1.82) is 0 Å². The van der Waals surface area contributed by atoms with Gasteiger partial charge in [-0.25, -0.2) is 14.6 Å². The maximum Gasteiger partial charge on any atom is 0.490 e. The van der Waals surface area contributed by atoms with Crippen LogP contribution in [-0.4, -0.2) is 98.8 Å². The van der Waals surface area contributed by atoms with Crippen LogP contribution in [0.2, 0.25) is 0 Å². The number of carboxylic acid groups (broad SMARTS) is 2. The van der Waals surface area contributed by atoms with Crippen LogP contribution in [0.25, 0.3) is 0 Å². The molecule has 214 valence electrons. The molecule has 38 heavy (non-hydrogen) atoms. The first-order chi connectivity index (χ1) is 17.4. The van der Waals surface area contributed by atoms with Gasteiger partial charge in [0.1, 0.15) is 0 Å². The SMILES string of the molecule is Cc1nc(COCC2CN(CC(=O)N(C)C)Cc3ccnn32)cs1.O=C(O)C(F)(F)F.O=C(O)C(F)(F)F. The van der Waals surface area contributed by atoms with Gasteiger partial charge in [0.2, 0.25) is 5.91 Å². The summed E-state index contributed by atoms with van der Waals surface area (Å²) < 4.78 is 71.3. The highest BCUT2D eigenvalue weighted by molar-refractivity contribution is 7.09. The Hall–Kier alpha value is -3.25. The number of thiazole rings is 1. The summed E-state index contributed by atoms with van der Waals surface area (Å²) in [6.07, 6.45) is -8.36. The molecule has 0 bridgehead atoms. The Kier molecular flexibility index (Phi) is 12.1. The summed E-state index contributed by atoms with van der Waals surface area (Å²) in [7, 11) is 3.57. The fraction of sp³-hybridized carbons (Fsp3) is 0.550. The molecule has 2 N–H and O–H groups in total. The van der Waals surface area contributed by atoms with Crippen molar-refractivity contribution in [3.63, 3.8) is 0 Å². The number of aromatic nitrogens is 3. The summed E-state index contributed by atoms with van der Waals surface area (Å²) >= 11 is 1.63. The highest BCUT2D eigenvalue weighted by Gasteiger charge is 2.38. The smallest absolute Gasteiger partial charge is 0.475 e. The van der Waals surface area contributed by atoms with E-state index in [2.05, 4.69) is 15.0 Å². The van der Waals surface area contributed by atoms with Gasteiger partial charge in [-0.1, -0.05) is 0 Å². The van der Waals surface area contributed by atoms with Crippen molar-refractivity contribution in [1.82, 2.24) is 24.6 Å². The monoisotopic (exact) mass is 577 g/mol. The lowest BCUT2D eigenvalue weighted by Crippen LogP contribution is -2.44. The van der Waals surface area contributed by atoms with Gasteiger partial charge in [-0.2, -0.15) is 31.4 Å². The zero-order chi connectivity index (χ0) is 29.3. The summed E-state index contributed by atoms with van der Waals surface area (Å²) in [5, 5.41) is 21.7. The van der Waals surface area contributed by atoms with E-state index < -0.39 is 24.3 Å². The first-order valence-corrected chi connectivity index (χ1v) is 11.3.